The van der Waals surface area contributed by atoms with Crippen molar-refractivity contribution in [1.82, 2.24) is 4.98 Å². The van der Waals surface area contributed by atoms with Gasteiger partial charge < -0.3 is 15.2 Å². The van der Waals surface area contributed by atoms with E-state index in [-0.39, 0.29) is 18.3 Å². The lowest BCUT2D eigenvalue weighted by atomic mass is 9.96. The van der Waals surface area contributed by atoms with Gasteiger partial charge in [0.05, 0.1) is 12.0 Å². The van der Waals surface area contributed by atoms with Gasteiger partial charge in [0.15, 0.2) is 5.78 Å². The first-order valence-corrected chi connectivity index (χ1v) is 11.0. The number of primary amides is 1. The van der Waals surface area contributed by atoms with E-state index in [4.69, 9.17) is 15.2 Å². The van der Waals surface area contributed by atoms with Crippen molar-refractivity contribution in [2.75, 3.05) is 0 Å². The molecule has 2 heterocycles. The highest BCUT2D eigenvalue weighted by molar-refractivity contribution is 6.00. The molecule has 4 aromatic rings. The zero-order valence-electron chi connectivity index (χ0n) is 18.3. The standard InChI is InChI=1S/C28H22N2O4/c29-28(32)21-7-4-8-25(23(21)15-18-11-13-30-14-12-18)33-20-9-10-22-24(31)17-26(34-27(22)16-20)19-5-2-1-3-6-19/h1-14,16,26H,15,17H2,(H2,29,32)/t26-/m0/s1. The Kier molecular flexibility index (Phi) is 5.79. The molecule has 0 spiro atoms. The summed E-state index contributed by atoms with van der Waals surface area (Å²) in [5.74, 6) is 0.979. The van der Waals surface area contributed by atoms with Gasteiger partial charge in [0, 0.05) is 36.0 Å². The number of aromatic nitrogens is 1. The zero-order valence-corrected chi connectivity index (χ0v) is 18.3. The maximum absolute atomic E-state index is 12.7. The summed E-state index contributed by atoms with van der Waals surface area (Å²) in [4.78, 5) is 28.9. The van der Waals surface area contributed by atoms with Crippen LogP contribution in [0.15, 0.2) is 91.3 Å². The summed E-state index contributed by atoms with van der Waals surface area (Å²) in [7, 11) is 0. The molecule has 34 heavy (non-hydrogen) atoms. The predicted octanol–water partition coefficient (Wildman–Crippen LogP) is 5.27. The van der Waals surface area contributed by atoms with Crippen LogP contribution in [0.1, 0.15) is 49.9 Å². The Labute approximate surface area is 197 Å². The minimum atomic E-state index is -0.528. The molecule has 6 heteroatoms. The fourth-order valence-corrected chi connectivity index (χ4v) is 4.13. The number of Topliss-reactive ketones (excluding diaryl/α,β-unsaturated/α-hetero) is 1. The van der Waals surface area contributed by atoms with E-state index in [0.29, 0.717) is 40.4 Å². The van der Waals surface area contributed by atoms with E-state index in [1.165, 1.54) is 0 Å². The van der Waals surface area contributed by atoms with Crippen LogP contribution >= 0.6 is 0 Å². The molecule has 168 valence electrons. The van der Waals surface area contributed by atoms with E-state index in [1.54, 1.807) is 48.8 Å². The molecule has 0 saturated carbocycles. The minimum absolute atomic E-state index is 0.0238. The number of carbonyl (C=O) groups is 2. The molecule has 1 aromatic heterocycles. The van der Waals surface area contributed by atoms with Gasteiger partial charge in [-0.15, -0.1) is 0 Å². The molecule has 1 aliphatic rings. The van der Waals surface area contributed by atoms with Gasteiger partial charge in [-0.25, -0.2) is 0 Å². The Balaban J connectivity index is 1.47. The van der Waals surface area contributed by atoms with Crippen molar-refractivity contribution >= 4 is 11.7 Å². The molecule has 1 aliphatic heterocycles. The number of ketones is 1. The van der Waals surface area contributed by atoms with Crippen LogP contribution < -0.4 is 15.2 Å². The summed E-state index contributed by atoms with van der Waals surface area (Å²) in [6.45, 7) is 0. The van der Waals surface area contributed by atoms with Crippen molar-refractivity contribution in [3.05, 3.63) is 119 Å². The number of nitrogens with zero attached hydrogens (tertiary/aromatic N) is 1. The van der Waals surface area contributed by atoms with Crippen molar-refractivity contribution in [2.45, 2.75) is 18.9 Å². The van der Waals surface area contributed by atoms with E-state index < -0.39 is 5.91 Å². The number of nitrogens with two attached hydrogens (primary N) is 1. The molecule has 3 aromatic carbocycles. The van der Waals surface area contributed by atoms with Gasteiger partial charge >= 0.3 is 0 Å². The van der Waals surface area contributed by atoms with Crippen molar-refractivity contribution in [3.8, 4) is 17.2 Å². The van der Waals surface area contributed by atoms with Crippen LogP contribution in [0.5, 0.6) is 17.2 Å². The molecular formula is C28H22N2O4. The van der Waals surface area contributed by atoms with Crippen LogP contribution in [0.4, 0.5) is 0 Å². The average Bonchev–Trinajstić information content (AvgIpc) is 2.86. The van der Waals surface area contributed by atoms with E-state index in [2.05, 4.69) is 4.98 Å². The monoisotopic (exact) mass is 450 g/mol. The van der Waals surface area contributed by atoms with Crippen LogP contribution in [0.2, 0.25) is 0 Å². The van der Waals surface area contributed by atoms with Gasteiger partial charge in [-0.2, -0.15) is 0 Å². The number of hydrogen-bond donors (Lipinski definition) is 1. The largest absolute Gasteiger partial charge is 0.484 e. The Morgan fingerprint density at radius 2 is 1.79 bits per heavy atom. The van der Waals surface area contributed by atoms with Crippen molar-refractivity contribution in [3.63, 3.8) is 0 Å². The molecule has 0 aliphatic carbocycles. The average molecular weight is 450 g/mol. The highest BCUT2D eigenvalue weighted by Crippen LogP contribution is 2.38. The Bertz CT molecular complexity index is 1350. The quantitative estimate of drug-likeness (QED) is 0.432. The van der Waals surface area contributed by atoms with Gasteiger partial charge in [0.1, 0.15) is 23.4 Å². The number of amides is 1. The first-order chi connectivity index (χ1) is 16.6. The minimum Gasteiger partial charge on any atom is -0.484 e. The lowest BCUT2D eigenvalue weighted by molar-refractivity contribution is 0.0849. The molecule has 2 N–H and O–H groups in total. The van der Waals surface area contributed by atoms with Crippen molar-refractivity contribution < 1.29 is 19.1 Å². The molecule has 0 saturated heterocycles. The van der Waals surface area contributed by atoms with Crippen LogP contribution in [-0.2, 0) is 6.42 Å². The van der Waals surface area contributed by atoms with Gasteiger partial charge in [-0.1, -0.05) is 36.4 Å². The summed E-state index contributed by atoms with van der Waals surface area (Å²) in [5, 5.41) is 0. The molecule has 1 amide bonds. The summed E-state index contributed by atoms with van der Waals surface area (Å²) in [5.41, 5.74) is 9.16. The maximum Gasteiger partial charge on any atom is 0.249 e. The Hall–Kier alpha value is -4.45. The molecular weight excluding hydrogens is 428 g/mol. The smallest absolute Gasteiger partial charge is 0.249 e. The van der Waals surface area contributed by atoms with E-state index >= 15 is 0 Å². The highest BCUT2D eigenvalue weighted by Gasteiger charge is 2.28. The molecule has 0 fully saturated rings. The molecule has 0 unspecified atom stereocenters. The third-order valence-corrected chi connectivity index (χ3v) is 5.82. The molecule has 0 radical (unpaired) electrons. The van der Waals surface area contributed by atoms with Gasteiger partial charge in [0.2, 0.25) is 5.91 Å². The third kappa shape index (κ3) is 4.38. The first-order valence-electron chi connectivity index (χ1n) is 11.0. The van der Waals surface area contributed by atoms with Crippen LogP contribution in [0.25, 0.3) is 0 Å². The SMILES string of the molecule is NC(=O)c1cccc(Oc2ccc3c(c2)O[C@H](c2ccccc2)CC3=O)c1Cc1ccncc1. The number of pyridine rings is 1. The topological polar surface area (TPSA) is 91.5 Å². The lowest BCUT2D eigenvalue weighted by Crippen LogP contribution is -2.20. The summed E-state index contributed by atoms with van der Waals surface area (Å²) in [6, 6.07) is 23.8. The number of ether oxygens (including phenoxy) is 2. The van der Waals surface area contributed by atoms with Crippen molar-refractivity contribution in [2.24, 2.45) is 5.73 Å². The fourth-order valence-electron chi connectivity index (χ4n) is 4.13. The first kappa shape index (κ1) is 21.4. The van der Waals surface area contributed by atoms with Crippen molar-refractivity contribution in [1.29, 1.82) is 0 Å². The van der Waals surface area contributed by atoms with Crippen LogP contribution in [0, 0.1) is 0 Å². The van der Waals surface area contributed by atoms with Gasteiger partial charge in [0.25, 0.3) is 0 Å². The maximum atomic E-state index is 12.7. The fraction of sp³-hybridized carbons (Fsp3) is 0.107. The molecule has 1 atom stereocenters. The number of benzene rings is 3. The van der Waals surface area contributed by atoms with E-state index in [1.807, 2.05) is 42.5 Å². The normalized spacial score (nSPS) is 14.7. The van der Waals surface area contributed by atoms with Crippen LogP contribution in [-0.4, -0.2) is 16.7 Å². The third-order valence-electron chi connectivity index (χ3n) is 5.82. The summed E-state index contributed by atoms with van der Waals surface area (Å²) >= 11 is 0. The van der Waals surface area contributed by atoms with Crippen LogP contribution in [0.3, 0.4) is 0 Å². The molecule has 6 nitrogen and oxygen atoms in total. The second-order valence-electron chi connectivity index (χ2n) is 8.08. The number of hydrogen-bond acceptors (Lipinski definition) is 5. The predicted molar refractivity (Wildman–Crippen MR) is 127 cm³/mol. The van der Waals surface area contributed by atoms with Gasteiger partial charge in [-0.3, -0.25) is 14.6 Å². The number of fused-ring (bicyclic) bond motifs is 1. The summed E-state index contributed by atoms with van der Waals surface area (Å²) in [6.07, 6.45) is 3.78. The van der Waals surface area contributed by atoms with E-state index in [9.17, 15) is 9.59 Å². The lowest BCUT2D eigenvalue weighted by Gasteiger charge is -2.26. The Morgan fingerprint density at radius 3 is 2.56 bits per heavy atom. The second-order valence-corrected chi connectivity index (χ2v) is 8.08. The Morgan fingerprint density at radius 1 is 1.00 bits per heavy atom. The van der Waals surface area contributed by atoms with E-state index in [0.717, 1.165) is 11.1 Å². The number of rotatable bonds is 6. The number of carbonyl (C=O) groups excluding carboxylic acids is 2. The summed E-state index contributed by atoms with van der Waals surface area (Å²) < 4.78 is 12.4. The second kappa shape index (κ2) is 9.19. The molecule has 5 rings (SSSR count). The molecule has 0 bridgehead atoms. The zero-order chi connectivity index (χ0) is 23.5. The van der Waals surface area contributed by atoms with Gasteiger partial charge in [-0.05, 0) is 47.5 Å². The highest BCUT2D eigenvalue weighted by atomic mass is 16.5.